The second-order valence-electron chi connectivity index (χ2n) is 4.93. The molecule has 1 N–H and O–H groups in total. The third-order valence-electron chi connectivity index (χ3n) is 2.90. The van der Waals surface area contributed by atoms with E-state index in [0.29, 0.717) is 12.0 Å². The first-order chi connectivity index (χ1) is 9.60. The molecule has 0 saturated carbocycles. The van der Waals surface area contributed by atoms with Crippen molar-refractivity contribution in [2.75, 3.05) is 0 Å². The van der Waals surface area contributed by atoms with Crippen molar-refractivity contribution in [1.82, 2.24) is 5.32 Å². The van der Waals surface area contributed by atoms with Gasteiger partial charge in [-0.3, -0.25) is 9.59 Å². The monoisotopic (exact) mass is 271 g/mol. The summed E-state index contributed by atoms with van der Waals surface area (Å²) < 4.78 is 4.74. The maximum atomic E-state index is 12.0. The molecule has 20 heavy (non-hydrogen) atoms. The standard InChI is InChI=1S/C16H17NO3/c1-11(2)17-16(19)14-6-5-13-4-3-12(9-20-10-18)7-15(13)8-14/h3-8,10-11H,9H2,1-2H3,(H,17,19). The van der Waals surface area contributed by atoms with E-state index in [1.807, 2.05) is 50.2 Å². The highest BCUT2D eigenvalue weighted by Crippen LogP contribution is 2.18. The summed E-state index contributed by atoms with van der Waals surface area (Å²) in [4.78, 5) is 22.2. The van der Waals surface area contributed by atoms with Crippen molar-refractivity contribution in [3.63, 3.8) is 0 Å². The molecule has 2 rings (SSSR count). The summed E-state index contributed by atoms with van der Waals surface area (Å²) in [6.07, 6.45) is 0. The van der Waals surface area contributed by atoms with E-state index >= 15 is 0 Å². The van der Waals surface area contributed by atoms with Gasteiger partial charge in [-0.25, -0.2) is 0 Å². The van der Waals surface area contributed by atoms with Crippen LogP contribution in [0.3, 0.4) is 0 Å². The van der Waals surface area contributed by atoms with Crippen molar-refractivity contribution in [3.05, 3.63) is 47.5 Å². The van der Waals surface area contributed by atoms with Crippen molar-refractivity contribution in [2.45, 2.75) is 26.5 Å². The lowest BCUT2D eigenvalue weighted by Crippen LogP contribution is -2.29. The minimum absolute atomic E-state index is 0.0866. The zero-order valence-corrected chi connectivity index (χ0v) is 11.6. The number of hydrogen-bond donors (Lipinski definition) is 1. The van der Waals surface area contributed by atoms with Crippen LogP contribution in [0.2, 0.25) is 0 Å². The molecule has 4 heteroatoms. The molecule has 0 atom stereocenters. The fourth-order valence-corrected chi connectivity index (χ4v) is 2.00. The van der Waals surface area contributed by atoms with E-state index in [4.69, 9.17) is 4.74 Å². The van der Waals surface area contributed by atoms with E-state index in [1.54, 1.807) is 0 Å². The highest BCUT2D eigenvalue weighted by atomic mass is 16.5. The summed E-state index contributed by atoms with van der Waals surface area (Å²) >= 11 is 0. The third kappa shape index (κ3) is 3.35. The lowest BCUT2D eigenvalue weighted by atomic mass is 10.0. The Labute approximate surface area is 117 Å². The Morgan fingerprint density at radius 1 is 1.20 bits per heavy atom. The topological polar surface area (TPSA) is 55.4 Å². The molecule has 0 saturated heterocycles. The smallest absolute Gasteiger partial charge is 0.293 e. The van der Waals surface area contributed by atoms with Crippen molar-refractivity contribution in [2.24, 2.45) is 0 Å². The normalized spacial score (nSPS) is 10.6. The van der Waals surface area contributed by atoms with Crippen LogP contribution in [-0.2, 0) is 16.1 Å². The predicted molar refractivity (Wildman–Crippen MR) is 77.4 cm³/mol. The molecule has 0 aliphatic carbocycles. The molecule has 2 aromatic rings. The van der Waals surface area contributed by atoms with E-state index in [2.05, 4.69) is 5.32 Å². The van der Waals surface area contributed by atoms with Crippen molar-refractivity contribution < 1.29 is 14.3 Å². The molecular formula is C16H17NO3. The number of nitrogens with one attached hydrogen (secondary N) is 1. The van der Waals surface area contributed by atoms with E-state index in [1.165, 1.54) is 0 Å². The molecular weight excluding hydrogens is 254 g/mol. The maximum absolute atomic E-state index is 12.0. The van der Waals surface area contributed by atoms with Gasteiger partial charge in [0, 0.05) is 11.6 Å². The molecule has 0 bridgehead atoms. The second kappa shape index (κ2) is 6.19. The SMILES string of the molecule is CC(C)NC(=O)c1ccc2ccc(COC=O)cc2c1. The van der Waals surface area contributed by atoms with Gasteiger partial charge in [-0.2, -0.15) is 0 Å². The first-order valence-corrected chi connectivity index (χ1v) is 6.49. The summed E-state index contributed by atoms with van der Waals surface area (Å²) in [5.41, 5.74) is 1.52. The fraction of sp³-hybridized carbons (Fsp3) is 0.250. The first kappa shape index (κ1) is 14.1. The quantitative estimate of drug-likeness (QED) is 0.851. The van der Waals surface area contributed by atoms with Gasteiger partial charge in [0.05, 0.1) is 0 Å². The molecule has 2 aromatic carbocycles. The summed E-state index contributed by atoms with van der Waals surface area (Å²) in [5.74, 6) is -0.0866. The summed E-state index contributed by atoms with van der Waals surface area (Å²) in [5, 5.41) is 4.86. The highest BCUT2D eigenvalue weighted by Gasteiger charge is 2.07. The van der Waals surface area contributed by atoms with E-state index < -0.39 is 0 Å². The zero-order valence-electron chi connectivity index (χ0n) is 11.6. The van der Waals surface area contributed by atoms with Gasteiger partial charge < -0.3 is 10.1 Å². The number of ether oxygens (including phenoxy) is 1. The van der Waals surface area contributed by atoms with E-state index in [0.717, 1.165) is 16.3 Å². The van der Waals surface area contributed by atoms with Gasteiger partial charge in [-0.1, -0.05) is 18.2 Å². The lowest BCUT2D eigenvalue weighted by molar-refractivity contribution is -0.129. The first-order valence-electron chi connectivity index (χ1n) is 6.49. The minimum Gasteiger partial charge on any atom is -0.463 e. The van der Waals surface area contributed by atoms with Gasteiger partial charge >= 0.3 is 0 Å². The van der Waals surface area contributed by atoms with Gasteiger partial charge in [0.15, 0.2) is 0 Å². The molecule has 0 radical (unpaired) electrons. The van der Waals surface area contributed by atoms with E-state index in [-0.39, 0.29) is 18.6 Å². The van der Waals surface area contributed by atoms with Crippen LogP contribution in [0.5, 0.6) is 0 Å². The average Bonchev–Trinajstić information content (AvgIpc) is 2.43. The van der Waals surface area contributed by atoms with Gasteiger partial charge in [0.2, 0.25) is 0 Å². The minimum atomic E-state index is -0.0866. The molecule has 0 fully saturated rings. The number of amides is 1. The van der Waals surface area contributed by atoms with Gasteiger partial charge in [0.25, 0.3) is 12.4 Å². The molecule has 1 amide bonds. The maximum Gasteiger partial charge on any atom is 0.293 e. The van der Waals surface area contributed by atoms with Crippen LogP contribution < -0.4 is 5.32 Å². The molecule has 104 valence electrons. The van der Waals surface area contributed by atoms with E-state index in [9.17, 15) is 9.59 Å². The molecule has 0 unspecified atom stereocenters. The van der Waals surface area contributed by atoms with Crippen molar-refractivity contribution in [3.8, 4) is 0 Å². The molecule has 0 aliphatic heterocycles. The Balaban J connectivity index is 2.31. The Bertz CT molecular complexity index is 635. The number of carbonyl (C=O) groups is 2. The number of hydrogen-bond acceptors (Lipinski definition) is 3. The Kier molecular flexibility index (Phi) is 4.35. The molecule has 0 spiro atoms. The van der Waals surface area contributed by atoms with Gasteiger partial charge in [-0.05, 0) is 48.4 Å². The summed E-state index contributed by atoms with van der Waals surface area (Å²) in [7, 11) is 0. The number of fused-ring (bicyclic) bond motifs is 1. The van der Waals surface area contributed by atoms with Crippen LogP contribution in [0.4, 0.5) is 0 Å². The average molecular weight is 271 g/mol. The van der Waals surface area contributed by atoms with Crippen LogP contribution in [0.25, 0.3) is 10.8 Å². The Hall–Kier alpha value is -2.36. The number of carbonyl (C=O) groups excluding carboxylic acids is 2. The molecule has 0 aliphatic rings. The largest absolute Gasteiger partial charge is 0.463 e. The van der Waals surface area contributed by atoms with Crippen LogP contribution >= 0.6 is 0 Å². The third-order valence-corrected chi connectivity index (χ3v) is 2.90. The number of rotatable bonds is 5. The second-order valence-corrected chi connectivity index (χ2v) is 4.93. The molecule has 0 aromatic heterocycles. The summed E-state index contributed by atoms with van der Waals surface area (Å²) in [6.45, 7) is 4.51. The molecule has 4 nitrogen and oxygen atoms in total. The Morgan fingerprint density at radius 2 is 1.95 bits per heavy atom. The van der Waals surface area contributed by atoms with Crippen LogP contribution in [0.1, 0.15) is 29.8 Å². The molecule has 0 heterocycles. The van der Waals surface area contributed by atoms with Gasteiger partial charge in [0.1, 0.15) is 6.61 Å². The zero-order chi connectivity index (χ0) is 14.5. The van der Waals surface area contributed by atoms with Gasteiger partial charge in [-0.15, -0.1) is 0 Å². The van der Waals surface area contributed by atoms with Crippen LogP contribution in [0, 0.1) is 0 Å². The van der Waals surface area contributed by atoms with Crippen LogP contribution in [-0.4, -0.2) is 18.4 Å². The van der Waals surface area contributed by atoms with Crippen molar-refractivity contribution in [1.29, 1.82) is 0 Å². The van der Waals surface area contributed by atoms with Crippen molar-refractivity contribution >= 4 is 23.2 Å². The number of benzene rings is 2. The van der Waals surface area contributed by atoms with Crippen LogP contribution in [0.15, 0.2) is 36.4 Å². The fourth-order valence-electron chi connectivity index (χ4n) is 2.00. The summed E-state index contributed by atoms with van der Waals surface area (Å²) in [6, 6.07) is 11.4. The highest BCUT2D eigenvalue weighted by molar-refractivity contribution is 5.98. The predicted octanol–water partition coefficient (Wildman–Crippen LogP) is 2.65. The lowest BCUT2D eigenvalue weighted by Gasteiger charge is -2.09. The Morgan fingerprint density at radius 3 is 2.65 bits per heavy atom.